The third-order valence-corrected chi connectivity index (χ3v) is 3.03. The lowest BCUT2D eigenvalue weighted by molar-refractivity contribution is 0.0697. The Morgan fingerprint density at radius 3 is 2.45 bits per heavy atom. The number of hydrogen-bond acceptors (Lipinski definition) is 3. The monoisotopic (exact) mass is 316 g/mol. The molecular weight excluding hydrogens is 300 g/mol. The van der Waals surface area contributed by atoms with Gasteiger partial charge in [0.15, 0.2) is 5.11 Å². The first-order valence-electron chi connectivity index (χ1n) is 6.73. The number of carbonyl (C=O) groups is 1. The molecule has 0 aliphatic rings. The van der Waals surface area contributed by atoms with Crippen molar-refractivity contribution in [2.24, 2.45) is 0 Å². The minimum atomic E-state index is -0.960. The van der Waals surface area contributed by atoms with E-state index < -0.39 is 5.97 Å². The number of para-hydroxylation sites is 2. The van der Waals surface area contributed by atoms with E-state index in [1.807, 2.05) is 31.2 Å². The van der Waals surface area contributed by atoms with Crippen molar-refractivity contribution in [1.29, 1.82) is 0 Å². The Labute approximate surface area is 133 Å². The molecule has 0 atom stereocenters. The van der Waals surface area contributed by atoms with Gasteiger partial charge in [-0.3, -0.25) is 0 Å². The van der Waals surface area contributed by atoms with Gasteiger partial charge in [-0.15, -0.1) is 0 Å². The Bertz CT molecular complexity index is 671. The molecule has 0 bridgehead atoms. The maximum Gasteiger partial charge on any atom is 0.335 e. The Morgan fingerprint density at radius 1 is 1.14 bits per heavy atom. The number of hydrogen-bond donors (Lipinski definition) is 3. The molecule has 3 N–H and O–H groups in total. The number of thiocarbonyl (C=S) groups is 1. The van der Waals surface area contributed by atoms with Crippen LogP contribution in [0.25, 0.3) is 0 Å². The number of nitrogens with one attached hydrogen (secondary N) is 2. The smallest absolute Gasteiger partial charge is 0.335 e. The number of carboxylic acids is 1. The van der Waals surface area contributed by atoms with Gasteiger partial charge in [0.1, 0.15) is 5.75 Å². The fourth-order valence-electron chi connectivity index (χ4n) is 1.83. The van der Waals surface area contributed by atoms with Crippen LogP contribution in [0, 0.1) is 0 Å². The van der Waals surface area contributed by atoms with E-state index in [4.69, 9.17) is 22.1 Å². The quantitative estimate of drug-likeness (QED) is 0.732. The predicted molar refractivity (Wildman–Crippen MR) is 90.9 cm³/mol. The predicted octanol–water partition coefficient (Wildman–Crippen LogP) is 3.59. The van der Waals surface area contributed by atoms with Crippen LogP contribution in [-0.2, 0) is 0 Å². The van der Waals surface area contributed by atoms with E-state index in [1.54, 1.807) is 12.1 Å². The average molecular weight is 316 g/mol. The van der Waals surface area contributed by atoms with Gasteiger partial charge in [0.25, 0.3) is 0 Å². The minimum absolute atomic E-state index is 0.228. The van der Waals surface area contributed by atoms with Gasteiger partial charge in [-0.1, -0.05) is 12.1 Å². The van der Waals surface area contributed by atoms with Crippen LogP contribution < -0.4 is 15.4 Å². The topological polar surface area (TPSA) is 70.6 Å². The van der Waals surface area contributed by atoms with Crippen molar-refractivity contribution in [2.75, 3.05) is 17.2 Å². The van der Waals surface area contributed by atoms with Crippen LogP contribution in [0.4, 0.5) is 11.4 Å². The molecule has 0 aromatic heterocycles. The number of benzene rings is 2. The van der Waals surface area contributed by atoms with Crippen LogP contribution in [0.2, 0.25) is 0 Å². The number of carboxylic acid groups (broad SMARTS) is 1. The zero-order chi connectivity index (χ0) is 15.9. The van der Waals surface area contributed by atoms with Crippen molar-refractivity contribution in [2.45, 2.75) is 6.92 Å². The molecule has 0 aliphatic heterocycles. The normalized spacial score (nSPS) is 9.86. The largest absolute Gasteiger partial charge is 0.492 e. The first kappa shape index (κ1) is 15.8. The lowest BCUT2D eigenvalue weighted by Gasteiger charge is -2.14. The summed E-state index contributed by atoms with van der Waals surface area (Å²) in [5, 5.41) is 15.3. The van der Waals surface area contributed by atoms with Crippen molar-refractivity contribution in [1.82, 2.24) is 0 Å². The molecule has 6 heteroatoms. The third kappa shape index (κ3) is 4.20. The van der Waals surface area contributed by atoms with Crippen molar-refractivity contribution in [3.8, 4) is 5.75 Å². The average Bonchev–Trinajstić information content (AvgIpc) is 2.50. The van der Waals surface area contributed by atoms with E-state index in [9.17, 15) is 4.79 Å². The molecule has 5 nitrogen and oxygen atoms in total. The maximum atomic E-state index is 10.8. The standard InChI is InChI=1S/C16H16N2O3S/c1-2-21-14-6-4-3-5-13(14)18-16(22)17-12-9-7-11(8-10-12)15(19)20/h3-10H,2H2,1H3,(H,19,20)(H2,17,18,22). The van der Waals surface area contributed by atoms with E-state index in [1.165, 1.54) is 12.1 Å². The molecule has 2 aromatic rings. The van der Waals surface area contributed by atoms with E-state index in [2.05, 4.69) is 10.6 Å². The lowest BCUT2D eigenvalue weighted by atomic mass is 10.2. The zero-order valence-electron chi connectivity index (χ0n) is 12.0. The van der Waals surface area contributed by atoms with Gasteiger partial charge < -0.3 is 20.5 Å². The van der Waals surface area contributed by atoms with Crippen LogP contribution in [0.5, 0.6) is 5.75 Å². The van der Waals surface area contributed by atoms with Gasteiger partial charge in [-0.05, 0) is 55.5 Å². The summed E-state index contributed by atoms with van der Waals surface area (Å²) in [7, 11) is 0. The summed E-state index contributed by atoms with van der Waals surface area (Å²) in [5.74, 6) is -0.242. The molecule has 0 amide bonds. The molecular formula is C16H16N2O3S. The second-order valence-corrected chi connectivity index (χ2v) is 4.80. The lowest BCUT2D eigenvalue weighted by Crippen LogP contribution is -2.19. The second kappa shape index (κ2) is 7.42. The van der Waals surface area contributed by atoms with Gasteiger partial charge in [0.05, 0.1) is 17.9 Å². The number of aromatic carboxylic acids is 1. The van der Waals surface area contributed by atoms with Crippen LogP contribution in [0.15, 0.2) is 48.5 Å². The summed E-state index contributed by atoms with van der Waals surface area (Å²) in [6, 6.07) is 13.8. The maximum absolute atomic E-state index is 10.8. The van der Waals surface area contributed by atoms with Crippen LogP contribution in [-0.4, -0.2) is 22.8 Å². The fourth-order valence-corrected chi connectivity index (χ4v) is 2.06. The van der Waals surface area contributed by atoms with E-state index >= 15 is 0 Å². The third-order valence-electron chi connectivity index (χ3n) is 2.82. The van der Waals surface area contributed by atoms with Gasteiger partial charge in [-0.2, -0.15) is 0 Å². The molecule has 0 spiro atoms. The summed E-state index contributed by atoms with van der Waals surface area (Å²) in [4.78, 5) is 10.8. The number of ether oxygens (including phenoxy) is 1. The molecule has 0 radical (unpaired) electrons. The number of anilines is 2. The Balaban J connectivity index is 2.02. The van der Waals surface area contributed by atoms with E-state index in [-0.39, 0.29) is 5.56 Å². The second-order valence-electron chi connectivity index (χ2n) is 4.39. The van der Waals surface area contributed by atoms with Gasteiger partial charge in [0.2, 0.25) is 0 Å². The van der Waals surface area contributed by atoms with Crippen molar-refractivity contribution in [3.05, 3.63) is 54.1 Å². The molecule has 2 aromatic carbocycles. The summed E-state index contributed by atoms with van der Waals surface area (Å²) < 4.78 is 5.51. The molecule has 114 valence electrons. The fraction of sp³-hybridized carbons (Fsp3) is 0.125. The highest BCUT2D eigenvalue weighted by atomic mass is 32.1. The van der Waals surface area contributed by atoms with Gasteiger partial charge in [-0.25, -0.2) is 4.79 Å². The summed E-state index contributed by atoms with van der Waals surface area (Å²) >= 11 is 5.25. The molecule has 0 saturated heterocycles. The molecule has 0 heterocycles. The molecule has 0 aliphatic carbocycles. The Morgan fingerprint density at radius 2 is 1.82 bits per heavy atom. The van der Waals surface area contributed by atoms with E-state index in [0.717, 1.165) is 11.4 Å². The highest BCUT2D eigenvalue weighted by Gasteiger charge is 2.06. The van der Waals surface area contributed by atoms with E-state index in [0.29, 0.717) is 17.4 Å². The first-order valence-corrected chi connectivity index (χ1v) is 7.14. The molecule has 0 saturated carbocycles. The van der Waals surface area contributed by atoms with Crippen LogP contribution >= 0.6 is 12.2 Å². The van der Waals surface area contributed by atoms with Crippen molar-refractivity contribution >= 4 is 34.7 Å². The summed E-state index contributed by atoms with van der Waals surface area (Å²) in [6.45, 7) is 2.48. The van der Waals surface area contributed by atoms with Crippen LogP contribution in [0.1, 0.15) is 17.3 Å². The SMILES string of the molecule is CCOc1ccccc1NC(=S)Nc1ccc(C(=O)O)cc1. The van der Waals surface area contributed by atoms with Gasteiger partial charge >= 0.3 is 5.97 Å². The summed E-state index contributed by atoms with van der Waals surface area (Å²) in [5.41, 5.74) is 1.70. The Kier molecular flexibility index (Phi) is 5.32. The van der Waals surface area contributed by atoms with Crippen molar-refractivity contribution in [3.63, 3.8) is 0 Å². The molecule has 22 heavy (non-hydrogen) atoms. The highest BCUT2D eigenvalue weighted by Crippen LogP contribution is 2.23. The Hall–Kier alpha value is -2.60. The highest BCUT2D eigenvalue weighted by molar-refractivity contribution is 7.80. The first-order chi connectivity index (χ1) is 10.6. The van der Waals surface area contributed by atoms with Crippen molar-refractivity contribution < 1.29 is 14.6 Å². The number of rotatable bonds is 5. The molecule has 0 fully saturated rings. The zero-order valence-corrected chi connectivity index (χ0v) is 12.8. The van der Waals surface area contributed by atoms with Crippen LogP contribution in [0.3, 0.4) is 0 Å². The van der Waals surface area contributed by atoms with Gasteiger partial charge in [0, 0.05) is 5.69 Å². The molecule has 0 unspecified atom stereocenters. The molecule has 2 rings (SSSR count). The summed E-state index contributed by atoms with van der Waals surface area (Å²) in [6.07, 6.45) is 0. The minimum Gasteiger partial charge on any atom is -0.492 e.